The molecule has 8 heteroatoms. The van der Waals surface area contributed by atoms with E-state index in [0.29, 0.717) is 23.3 Å². The average Bonchev–Trinajstić information content (AvgIpc) is 3.02. The summed E-state index contributed by atoms with van der Waals surface area (Å²) in [6, 6.07) is 4.02. The Hall–Kier alpha value is -2.12. The van der Waals surface area contributed by atoms with Crippen molar-refractivity contribution in [2.75, 3.05) is 13.1 Å². The number of hydrogen-bond donors (Lipinski definition) is 1. The summed E-state index contributed by atoms with van der Waals surface area (Å²) in [6.07, 6.45) is -3.41. The molecule has 1 aromatic rings. The zero-order valence-corrected chi connectivity index (χ0v) is 12.7. The van der Waals surface area contributed by atoms with Crippen LogP contribution in [0.15, 0.2) is 18.2 Å². The van der Waals surface area contributed by atoms with Crippen molar-refractivity contribution in [1.82, 2.24) is 10.2 Å². The molecule has 2 aliphatic rings. The highest BCUT2D eigenvalue weighted by molar-refractivity contribution is 5.89. The molecular weight excluding hydrogens is 328 g/mol. The molecule has 4 nitrogen and oxygen atoms in total. The van der Waals surface area contributed by atoms with Crippen LogP contribution in [0.4, 0.5) is 17.6 Å². The van der Waals surface area contributed by atoms with Crippen LogP contribution in [0.2, 0.25) is 0 Å². The van der Waals surface area contributed by atoms with Gasteiger partial charge in [-0.25, -0.2) is 4.39 Å². The molecule has 0 aromatic heterocycles. The smallest absolute Gasteiger partial charge is 0.349 e. The fourth-order valence-electron chi connectivity index (χ4n) is 3.33. The van der Waals surface area contributed by atoms with Crippen LogP contribution >= 0.6 is 0 Å². The van der Waals surface area contributed by atoms with E-state index >= 15 is 0 Å². The van der Waals surface area contributed by atoms with Crippen LogP contribution in [0.5, 0.6) is 0 Å². The van der Waals surface area contributed by atoms with Crippen LogP contribution in [0.25, 0.3) is 0 Å². The Morgan fingerprint density at radius 3 is 2.79 bits per heavy atom. The van der Waals surface area contributed by atoms with Crippen molar-refractivity contribution in [2.24, 2.45) is 5.92 Å². The van der Waals surface area contributed by atoms with Gasteiger partial charge in [-0.1, -0.05) is 6.07 Å². The average molecular weight is 344 g/mol. The molecule has 0 radical (unpaired) electrons. The van der Waals surface area contributed by atoms with Gasteiger partial charge in [-0.05, 0) is 36.1 Å². The largest absolute Gasteiger partial charge is 0.406 e. The predicted octanol–water partition coefficient (Wildman–Crippen LogP) is 2.34. The number of likely N-dealkylation sites (tertiary alicyclic amines) is 1. The van der Waals surface area contributed by atoms with Gasteiger partial charge in [-0.3, -0.25) is 9.59 Å². The topological polar surface area (TPSA) is 49.4 Å². The van der Waals surface area contributed by atoms with Crippen molar-refractivity contribution in [3.05, 3.63) is 35.1 Å². The molecule has 1 N–H and O–H groups in total. The molecular formula is C16H16F4N2O2. The van der Waals surface area contributed by atoms with Gasteiger partial charge in [0.1, 0.15) is 12.4 Å². The van der Waals surface area contributed by atoms with Crippen LogP contribution in [-0.2, 0) is 16.0 Å². The zero-order valence-electron chi connectivity index (χ0n) is 12.7. The van der Waals surface area contributed by atoms with E-state index in [1.807, 2.05) is 0 Å². The molecule has 1 aromatic carbocycles. The number of alkyl halides is 3. The Morgan fingerprint density at radius 2 is 2.08 bits per heavy atom. The lowest BCUT2D eigenvalue weighted by Gasteiger charge is -2.19. The number of nitrogens with zero attached hydrogens (tertiary/aromatic N) is 1. The summed E-state index contributed by atoms with van der Waals surface area (Å²) in [5.74, 6) is -2.35. The minimum Gasteiger partial charge on any atom is -0.349 e. The fourth-order valence-corrected chi connectivity index (χ4v) is 3.33. The predicted molar refractivity (Wildman–Crippen MR) is 76.3 cm³/mol. The van der Waals surface area contributed by atoms with E-state index in [-0.39, 0.29) is 19.0 Å². The maximum atomic E-state index is 13.4. The number of halogens is 4. The van der Waals surface area contributed by atoms with Crippen molar-refractivity contribution >= 4 is 11.8 Å². The van der Waals surface area contributed by atoms with Crippen molar-refractivity contribution in [3.8, 4) is 0 Å². The fraction of sp³-hybridized carbons (Fsp3) is 0.500. The number of aryl methyl sites for hydroxylation is 1. The minimum absolute atomic E-state index is 0.232. The summed E-state index contributed by atoms with van der Waals surface area (Å²) < 4.78 is 50.6. The Labute approximate surface area is 135 Å². The number of nitrogens with one attached hydrogen (secondary N) is 1. The molecule has 3 rings (SSSR count). The summed E-state index contributed by atoms with van der Waals surface area (Å²) in [6.45, 7) is -1.58. The maximum Gasteiger partial charge on any atom is 0.406 e. The Morgan fingerprint density at radius 1 is 1.33 bits per heavy atom. The summed E-state index contributed by atoms with van der Waals surface area (Å²) in [5, 5.41) is 2.74. The van der Waals surface area contributed by atoms with Crippen molar-refractivity contribution in [2.45, 2.75) is 31.5 Å². The molecule has 0 unspecified atom stereocenters. The summed E-state index contributed by atoms with van der Waals surface area (Å²) in [5.41, 5.74) is 1.64. The summed E-state index contributed by atoms with van der Waals surface area (Å²) >= 11 is 0. The van der Waals surface area contributed by atoms with Crippen molar-refractivity contribution in [1.29, 1.82) is 0 Å². The highest BCUT2D eigenvalue weighted by atomic mass is 19.4. The maximum absolute atomic E-state index is 13.4. The van der Waals surface area contributed by atoms with Gasteiger partial charge in [-0.15, -0.1) is 0 Å². The third kappa shape index (κ3) is 3.52. The molecule has 1 saturated heterocycles. The van der Waals surface area contributed by atoms with Crippen LogP contribution in [0.3, 0.4) is 0 Å². The molecule has 1 aliphatic heterocycles. The highest BCUT2D eigenvalue weighted by Gasteiger charge is 2.41. The van der Waals surface area contributed by atoms with E-state index in [1.54, 1.807) is 6.07 Å². The molecule has 0 bridgehead atoms. The molecule has 130 valence electrons. The van der Waals surface area contributed by atoms with Gasteiger partial charge in [0.05, 0.1) is 12.0 Å². The number of benzene rings is 1. The second kappa shape index (κ2) is 6.07. The number of fused-ring (bicyclic) bond motifs is 1. The van der Waals surface area contributed by atoms with E-state index in [2.05, 4.69) is 5.32 Å². The number of carbonyl (C=O) groups is 2. The number of hydrogen-bond acceptors (Lipinski definition) is 2. The first-order chi connectivity index (χ1) is 11.2. The lowest BCUT2D eigenvalue weighted by molar-refractivity contribution is -0.157. The normalized spacial score (nSPS) is 23.5. The molecule has 1 aliphatic carbocycles. The second-order valence-corrected chi connectivity index (χ2v) is 6.23. The number of rotatable bonds is 3. The molecule has 2 atom stereocenters. The molecule has 2 amide bonds. The van der Waals surface area contributed by atoms with Gasteiger partial charge in [0.15, 0.2) is 0 Å². The Kier molecular flexibility index (Phi) is 4.23. The van der Waals surface area contributed by atoms with Crippen LogP contribution < -0.4 is 5.32 Å². The van der Waals surface area contributed by atoms with Gasteiger partial charge < -0.3 is 10.2 Å². The van der Waals surface area contributed by atoms with Gasteiger partial charge in [0.25, 0.3) is 0 Å². The van der Waals surface area contributed by atoms with Gasteiger partial charge >= 0.3 is 6.18 Å². The molecule has 24 heavy (non-hydrogen) atoms. The summed E-state index contributed by atoms with van der Waals surface area (Å²) in [4.78, 5) is 24.6. The SMILES string of the molecule is O=C(N[C@@H]1CCc2ccc(F)cc21)[C@H]1CC(=O)N(CC(F)(F)F)C1. The number of carbonyl (C=O) groups excluding carboxylic acids is 2. The van der Waals surface area contributed by atoms with Crippen LogP contribution in [0.1, 0.15) is 30.0 Å². The third-order valence-electron chi connectivity index (χ3n) is 4.46. The van der Waals surface area contributed by atoms with Crippen molar-refractivity contribution < 1.29 is 27.2 Å². The monoisotopic (exact) mass is 344 g/mol. The molecule has 1 fully saturated rings. The van der Waals surface area contributed by atoms with E-state index in [4.69, 9.17) is 0 Å². The van der Waals surface area contributed by atoms with Gasteiger partial charge in [0.2, 0.25) is 11.8 Å². The first-order valence-corrected chi connectivity index (χ1v) is 7.66. The minimum atomic E-state index is -4.48. The highest BCUT2D eigenvalue weighted by Crippen LogP contribution is 2.32. The lowest BCUT2D eigenvalue weighted by atomic mass is 10.0. The Balaban J connectivity index is 1.63. The number of amides is 2. The van der Waals surface area contributed by atoms with Crippen molar-refractivity contribution in [3.63, 3.8) is 0 Å². The van der Waals surface area contributed by atoms with E-state index in [9.17, 15) is 27.2 Å². The van der Waals surface area contributed by atoms with E-state index < -0.39 is 36.3 Å². The Bertz CT molecular complexity index is 675. The van der Waals surface area contributed by atoms with Crippen LogP contribution in [-0.4, -0.2) is 36.0 Å². The van der Waals surface area contributed by atoms with Gasteiger partial charge in [-0.2, -0.15) is 13.2 Å². The first-order valence-electron chi connectivity index (χ1n) is 7.66. The van der Waals surface area contributed by atoms with E-state index in [0.717, 1.165) is 5.56 Å². The zero-order chi connectivity index (χ0) is 17.5. The quantitative estimate of drug-likeness (QED) is 0.856. The van der Waals surface area contributed by atoms with E-state index in [1.165, 1.54) is 12.1 Å². The first kappa shape index (κ1) is 16.7. The molecule has 1 heterocycles. The lowest BCUT2D eigenvalue weighted by Crippen LogP contribution is -2.37. The van der Waals surface area contributed by atoms with Gasteiger partial charge in [0, 0.05) is 13.0 Å². The summed E-state index contributed by atoms with van der Waals surface area (Å²) in [7, 11) is 0. The molecule has 0 saturated carbocycles. The molecule has 0 spiro atoms. The standard InChI is InChI=1S/C16H16F4N2O2/c17-11-3-1-9-2-4-13(12(9)6-11)21-15(24)10-5-14(23)22(7-10)8-16(18,19)20/h1,3,6,10,13H,2,4-5,7-8H2,(H,21,24)/t10-,13+/m0/s1. The second-order valence-electron chi connectivity index (χ2n) is 6.23. The van der Waals surface area contributed by atoms with Crippen LogP contribution in [0, 0.1) is 11.7 Å². The third-order valence-corrected chi connectivity index (χ3v) is 4.46.